The molecule has 2 rings (SSSR count). The Labute approximate surface area is 112 Å². The fourth-order valence-electron chi connectivity index (χ4n) is 2.17. The summed E-state index contributed by atoms with van der Waals surface area (Å²) in [5.74, 6) is -0.0299. The first-order valence-electron chi connectivity index (χ1n) is 6.38. The molecule has 100 valence electrons. The molecule has 1 aliphatic heterocycles. The number of amides is 1. The third-order valence-corrected chi connectivity index (χ3v) is 3.50. The molecule has 1 atom stereocenters. The van der Waals surface area contributed by atoms with Crippen molar-refractivity contribution in [2.24, 2.45) is 0 Å². The first kappa shape index (κ1) is 13.4. The second-order valence-electron chi connectivity index (χ2n) is 4.74. The molecule has 1 N–H and O–H groups in total. The second kappa shape index (κ2) is 6.25. The molecule has 1 amide bonds. The zero-order chi connectivity index (χ0) is 13.0. The van der Waals surface area contributed by atoms with Gasteiger partial charge in [-0.15, -0.1) is 0 Å². The fraction of sp³-hybridized carbons (Fsp3) is 0.615. The summed E-state index contributed by atoms with van der Waals surface area (Å²) < 4.78 is 5.65. The van der Waals surface area contributed by atoms with Crippen LogP contribution in [0.15, 0.2) is 12.3 Å². The van der Waals surface area contributed by atoms with Crippen molar-refractivity contribution < 1.29 is 9.53 Å². The lowest BCUT2D eigenvalue weighted by Crippen LogP contribution is -2.31. The molecule has 0 spiro atoms. The maximum absolute atomic E-state index is 12.0. The molecule has 0 unspecified atom stereocenters. The summed E-state index contributed by atoms with van der Waals surface area (Å²) in [6.07, 6.45) is 6.32. The van der Waals surface area contributed by atoms with Crippen molar-refractivity contribution >= 4 is 17.5 Å². The van der Waals surface area contributed by atoms with Crippen LogP contribution in [-0.2, 0) is 4.74 Å². The minimum atomic E-state index is -0.0299. The van der Waals surface area contributed by atoms with E-state index in [-0.39, 0.29) is 5.91 Å². The van der Waals surface area contributed by atoms with Crippen LogP contribution in [0.4, 0.5) is 0 Å². The number of ether oxygens (including phenoxy) is 1. The number of hydrogen-bond acceptors (Lipinski definition) is 2. The van der Waals surface area contributed by atoms with Crippen LogP contribution < -0.4 is 0 Å². The Balaban J connectivity index is 1.80. The van der Waals surface area contributed by atoms with Crippen molar-refractivity contribution in [3.8, 4) is 0 Å². The summed E-state index contributed by atoms with van der Waals surface area (Å²) in [7, 11) is 1.81. The molecule has 1 aromatic rings. The Morgan fingerprint density at radius 3 is 3.06 bits per heavy atom. The summed E-state index contributed by atoms with van der Waals surface area (Å²) in [4.78, 5) is 16.6. The first-order chi connectivity index (χ1) is 8.66. The largest absolute Gasteiger partial charge is 0.378 e. The number of aromatic amines is 1. The zero-order valence-corrected chi connectivity index (χ0v) is 11.4. The number of H-pyrrole nitrogens is 1. The lowest BCUT2D eigenvalue weighted by atomic mass is 10.1. The summed E-state index contributed by atoms with van der Waals surface area (Å²) in [6, 6.07) is 1.65. The number of rotatable bonds is 4. The Kier molecular flexibility index (Phi) is 4.66. The van der Waals surface area contributed by atoms with E-state index < -0.39 is 0 Å². The molecule has 4 nitrogen and oxygen atoms in total. The van der Waals surface area contributed by atoms with Gasteiger partial charge in [0.05, 0.1) is 11.1 Å². The van der Waals surface area contributed by atoms with Crippen LogP contribution in [0.25, 0.3) is 0 Å². The molecule has 18 heavy (non-hydrogen) atoms. The minimum Gasteiger partial charge on any atom is -0.378 e. The molecule has 0 aromatic carbocycles. The summed E-state index contributed by atoms with van der Waals surface area (Å²) in [5, 5.41) is 0.558. The van der Waals surface area contributed by atoms with Crippen LogP contribution in [-0.4, -0.2) is 42.1 Å². The maximum Gasteiger partial charge on any atom is 0.270 e. The highest BCUT2D eigenvalue weighted by atomic mass is 35.5. The molecule has 0 aliphatic carbocycles. The van der Waals surface area contributed by atoms with Crippen molar-refractivity contribution in [3.63, 3.8) is 0 Å². The van der Waals surface area contributed by atoms with Crippen LogP contribution in [0.2, 0.25) is 5.02 Å². The molecule has 1 aromatic heterocycles. The van der Waals surface area contributed by atoms with Crippen molar-refractivity contribution in [2.75, 3.05) is 20.2 Å². The van der Waals surface area contributed by atoms with Gasteiger partial charge in [0.25, 0.3) is 5.91 Å². The van der Waals surface area contributed by atoms with Gasteiger partial charge < -0.3 is 14.6 Å². The smallest absolute Gasteiger partial charge is 0.270 e. The predicted molar refractivity (Wildman–Crippen MR) is 71.0 cm³/mol. The van der Waals surface area contributed by atoms with E-state index in [4.69, 9.17) is 16.3 Å². The van der Waals surface area contributed by atoms with Crippen LogP contribution in [0.1, 0.15) is 36.2 Å². The molecular weight excluding hydrogens is 252 g/mol. The second-order valence-corrected chi connectivity index (χ2v) is 5.17. The van der Waals surface area contributed by atoms with Gasteiger partial charge in [-0.05, 0) is 31.7 Å². The van der Waals surface area contributed by atoms with Gasteiger partial charge in [-0.2, -0.15) is 0 Å². The van der Waals surface area contributed by atoms with Gasteiger partial charge >= 0.3 is 0 Å². The molecule has 0 bridgehead atoms. The Morgan fingerprint density at radius 2 is 2.44 bits per heavy atom. The topological polar surface area (TPSA) is 45.3 Å². The maximum atomic E-state index is 12.0. The highest BCUT2D eigenvalue weighted by molar-refractivity contribution is 6.30. The molecule has 5 heteroatoms. The van der Waals surface area contributed by atoms with Gasteiger partial charge in [0.1, 0.15) is 5.69 Å². The van der Waals surface area contributed by atoms with Crippen molar-refractivity contribution in [3.05, 3.63) is 23.0 Å². The number of carbonyl (C=O) groups excluding carboxylic acids is 1. The lowest BCUT2D eigenvalue weighted by molar-refractivity contribution is 0.00706. The van der Waals surface area contributed by atoms with E-state index in [1.807, 2.05) is 0 Å². The van der Waals surface area contributed by atoms with Crippen LogP contribution >= 0.6 is 11.6 Å². The summed E-state index contributed by atoms with van der Waals surface area (Å²) in [6.45, 7) is 1.56. The number of nitrogens with one attached hydrogen (secondary N) is 1. The van der Waals surface area contributed by atoms with Gasteiger partial charge in [0.15, 0.2) is 0 Å². The summed E-state index contributed by atoms with van der Waals surface area (Å²) >= 11 is 5.79. The van der Waals surface area contributed by atoms with Gasteiger partial charge in [-0.1, -0.05) is 11.6 Å². The third-order valence-electron chi connectivity index (χ3n) is 3.29. The monoisotopic (exact) mass is 270 g/mol. The van der Waals surface area contributed by atoms with E-state index >= 15 is 0 Å². The van der Waals surface area contributed by atoms with Crippen molar-refractivity contribution in [1.82, 2.24) is 9.88 Å². The Hall–Kier alpha value is -1.00. The molecule has 1 fully saturated rings. The average molecular weight is 271 g/mol. The SMILES string of the molecule is CN(CC[C@@H]1CCCCO1)C(=O)c1cc(Cl)c[nH]1. The van der Waals surface area contributed by atoms with E-state index in [0.717, 1.165) is 25.9 Å². The molecule has 2 heterocycles. The molecule has 1 aliphatic rings. The van der Waals surface area contributed by atoms with Gasteiger partial charge in [0.2, 0.25) is 0 Å². The minimum absolute atomic E-state index is 0.0299. The lowest BCUT2D eigenvalue weighted by Gasteiger charge is -2.25. The van der Waals surface area contributed by atoms with E-state index in [0.29, 0.717) is 23.4 Å². The fourth-order valence-corrected chi connectivity index (χ4v) is 2.33. The van der Waals surface area contributed by atoms with E-state index in [9.17, 15) is 4.79 Å². The van der Waals surface area contributed by atoms with Gasteiger partial charge in [-0.25, -0.2) is 0 Å². The molecular formula is C13H19ClN2O2. The Bertz CT molecular complexity index is 399. The first-order valence-corrected chi connectivity index (χ1v) is 6.75. The number of halogens is 1. The van der Waals surface area contributed by atoms with E-state index in [1.165, 1.54) is 6.42 Å². The van der Waals surface area contributed by atoms with Gasteiger partial charge in [-0.3, -0.25) is 4.79 Å². The summed E-state index contributed by atoms with van der Waals surface area (Å²) in [5.41, 5.74) is 0.534. The highest BCUT2D eigenvalue weighted by Gasteiger charge is 2.17. The highest BCUT2D eigenvalue weighted by Crippen LogP contribution is 2.16. The van der Waals surface area contributed by atoms with Gasteiger partial charge in [0, 0.05) is 26.4 Å². The van der Waals surface area contributed by atoms with Crippen LogP contribution in [0.3, 0.4) is 0 Å². The quantitative estimate of drug-likeness (QED) is 0.914. The van der Waals surface area contributed by atoms with Crippen LogP contribution in [0, 0.1) is 0 Å². The number of carbonyl (C=O) groups is 1. The van der Waals surface area contributed by atoms with E-state index in [1.54, 1.807) is 24.2 Å². The number of hydrogen-bond donors (Lipinski definition) is 1. The number of aromatic nitrogens is 1. The predicted octanol–water partition coefficient (Wildman–Crippen LogP) is 2.70. The standard InChI is InChI=1S/C13H19ClN2O2/c1-16(6-5-11-4-2-3-7-18-11)13(17)12-8-10(14)9-15-12/h8-9,11,15H,2-7H2,1H3/t11-/m0/s1. The molecule has 0 saturated carbocycles. The van der Waals surface area contributed by atoms with Crippen molar-refractivity contribution in [2.45, 2.75) is 31.8 Å². The molecule has 1 saturated heterocycles. The molecule has 0 radical (unpaired) electrons. The van der Waals surface area contributed by atoms with Crippen molar-refractivity contribution in [1.29, 1.82) is 0 Å². The third kappa shape index (κ3) is 3.50. The normalized spacial score (nSPS) is 19.8. The van der Waals surface area contributed by atoms with E-state index in [2.05, 4.69) is 4.98 Å². The zero-order valence-electron chi connectivity index (χ0n) is 10.6. The average Bonchev–Trinajstić information content (AvgIpc) is 2.83. The Morgan fingerprint density at radius 1 is 1.61 bits per heavy atom. The van der Waals surface area contributed by atoms with Crippen LogP contribution in [0.5, 0.6) is 0 Å². The number of nitrogens with zero attached hydrogens (tertiary/aromatic N) is 1.